The van der Waals surface area contributed by atoms with Crippen molar-refractivity contribution in [2.45, 2.75) is 13.5 Å². The van der Waals surface area contributed by atoms with Gasteiger partial charge in [0.05, 0.1) is 16.7 Å². The van der Waals surface area contributed by atoms with E-state index in [1.165, 1.54) is 4.57 Å². The highest BCUT2D eigenvalue weighted by molar-refractivity contribution is 6.05. The Labute approximate surface area is 159 Å². The first-order valence-corrected chi connectivity index (χ1v) is 8.75. The zero-order chi connectivity index (χ0) is 19.7. The van der Waals surface area contributed by atoms with E-state index in [0.717, 1.165) is 5.69 Å². The largest absolute Gasteiger partial charge is 0.322 e. The maximum Gasteiger partial charge on any atom is 0.316 e. The topological polar surface area (TPSA) is 102 Å². The number of hydrogen-bond donors (Lipinski definition) is 2. The maximum absolute atomic E-state index is 12.6. The van der Waals surface area contributed by atoms with Crippen molar-refractivity contribution in [3.8, 4) is 5.69 Å². The second-order valence-electron chi connectivity index (χ2n) is 6.19. The average Bonchev–Trinajstić information content (AvgIpc) is 3.24. The number of aryl methyl sites for hydroxylation is 1. The fraction of sp³-hybridized carbons (Fsp3) is 0.100. The third kappa shape index (κ3) is 3.11. The van der Waals surface area contributed by atoms with Crippen LogP contribution in [-0.4, -0.2) is 25.2 Å². The molecule has 0 atom stereocenters. The predicted molar refractivity (Wildman–Crippen MR) is 106 cm³/mol. The van der Waals surface area contributed by atoms with E-state index in [0.29, 0.717) is 28.8 Å². The van der Waals surface area contributed by atoms with Gasteiger partial charge in [0.25, 0.3) is 5.91 Å². The van der Waals surface area contributed by atoms with Crippen LogP contribution in [0.5, 0.6) is 0 Å². The summed E-state index contributed by atoms with van der Waals surface area (Å²) in [5.41, 5.74) is 1.59. The predicted octanol–water partition coefficient (Wildman–Crippen LogP) is 2.15. The zero-order valence-electron chi connectivity index (χ0n) is 15.0. The molecule has 0 bridgehead atoms. The molecule has 0 spiro atoms. The van der Waals surface area contributed by atoms with E-state index in [4.69, 9.17) is 0 Å². The first kappa shape index (κ1) is 17.5. The summed E-state index contributed by atoms with van der Waals surface area (Å²) in [5.74, 6) is -0.316. The van der Waals surface area contributed by atoms with E-state index in [-0.39, 0.29) is 5.91 Å². The van der Waals surface area contributed by atoms with Gasteiger partial charge in [-0.1, -0.05) is 0 Å². The number of aromatic nitrogens is 4. The van der Waals surface area contributed by atoms with Crippen LogP contribution in [0.2, 0.25) is 0 Å². The van der Waals surface area contributed by atoms with E-state index in [1.54, 1.807) is 48.1 Å². The van der Waals surface area contributed by atoms with Crippen LogP contribution in [0, 0.1) is 0 Å². The fourth-order valence-corrected chi connectivity index (χ4v) is 3.06. The molecule has 8 nitrogen and oxygen atoms in total. The summed E-state index contributed by atoms with van der Waals surface area (Å²) in [6.07, 6.45) is 3.52. The number of amides is 1. The van der Waals surface area contributed by atoms with E-state index >= 15 is 0 Å². The van der Waals surface area contributed by atoms with Gasteiger partial charge >= 0.3 is 11.1 Å². The molecule has 0 aliphatic heterocycles. The van der Waals surface area contributed by atoms with Gasteiger partial charge in [0.15, 0.2) is 0 Å². The van der Waals surface area contributed by atoms with E-state index in [1.807, 2.05) is 24.4 Å². The average molecular weight is 375 g/mol. The molecule has 0 saturated heterocycles. The Hall–Kier alpha value is -3.94. The second-order valence-corrected chi connectivity index (χ2v) is 6.19. The van der Waals surface area contributed by atoms with Gasteiger partial charge in [-0.15, -0.1) is 0 Å². The Bertz CT molecular complexity index is 1270. The van der Waals surface area contributed by atoms with Crippen LogP contribution in [0.25, 0.3) is 16.7 Å². The molecule has 0 radical (unpaired) electrons. The van der Waals surface area contributed by atoms with Crippen LogP contribution in [0.4, 0.5) is 5.69 Å². The number of nitrogens with zero attached hydrogens (tertiary/aromatic N) is 3. The molecule has 28 heavy (non-hydrogen) atoms. The van der Waals surface area contributed by atoms with Crippen molar-refractivity contribution < 1.29 is 4.79 Å². The maximum atomic E-state index is 12.6. The molecule has 2 aromatic carbocycles. The van der Waals surface area contributed by atoms with Crippen LogP contribution in [-0.2, 0) is 6.54 Å². The van der Waals surface area contributed by atoms with Gasteiger partial charge in [-0.05, 0) is 55.5 Å². The minimum absolute atomic E-state index is 0.316. The van der Waals surface area contributed by atoms with Crippen molar-refractivity contribution in [2.75, 3.05) is 5.32 Å². The van der Waals surface area contributed by atoms with Crippen LogP contribution >= 0.6 is 0 Å². The van der Waals surface area contributed by atoms with Crippen molar-refractivity contribution in [1.29, 1.82) is 0 Å². The highest BCUT2D eigenvalue weighted by Crippen LogP contribution is 2.16. The summed E-state index contributed by atoms with van der Waals surface area (Å²) in [6, 6.07) is 13.9. The lowest BCUT2D eigenvalue weighted by Crippen LogP contribution is -2.36. The number of carbonyl (C=O) groups is 1. The van der Waals surface area contributed by atoms with E-state index in [9.17, 15) is 14.4 Å². The molecule has 2 N–H and O–H groups in total. The first-order valence-electron chi connectivity index (χ1n) is 8.75. The third-order valence-electron chi connectivity index (χ3n) is 4.45. The van der Waals surface area contributed by atoms with E-state index < -0.39 is 11.1 Å². The normalized spacial score (nSPS) is 10.9. The number of benzene rings is 2. The van der Waals surface area contributed by atoms with Crippen molar-refractivity contribution >= 4 is 22.6 Å². The van der Waals surface area contributed by atoms with Crippen molar-refractivity contribution in [1.82, 2.24) is 19.3 Å². The smallest absolute Gasteiger partial charge is 0.316 e. The Kier molecular flexibility index (Phi) is 4.36. The van der Waals surface area contributed by atoms with E-state index in [2.05, 4.69) is 15.4 Å². The van der Waals surface area contributed by atoms with Gasteiger partial charge in [0, 0.05) is 30.2 Å². The summed E-state index contributed by atoms with van der Waals surface area (Å²) in [4.78, 5) is 38.9. The molecule has 140 valence electrons. The minimum Gasteiger partial charge on any atom is -0.322 e. The number of H-pyrrole nitrogens is 1. The molecule has 2 heterocycles. The Morgan fingerprint density at radius 1 is 1.14 bits per heavy atom. The van der Waals surface area contributed by atoms with Crippen LogP contribution < -0.4 is 16.4 Å². The van der Waals surface area contributed by atoms with Gasteiger partial charge in [-0.25, -0.2) is 4.68 Å². The summed E-state index contributed by atoms with van der Waals surface area (Å²) in [5, 5.41) is 6.98. The second kappa shape index (κ2) is 6.99. The zero-order valence-corrected chi connectivity index (χ0v) is 15.0. The van der Waals surface area contributed by atoms with Gasteiger partial charge in [-0.2, -0.15) is 5.10 Å². The van der Waals surface area contributed by atoms with Crippen LogP contribution in [0.1, 0.15) is 17.3 Å². The fourth-order valence-electron chi connectivity index (χ4n) is 3.06. The number of fused-ring (bicyclic) bond motifs is 1. The molecule has 0 unspecified atom stereocenters. The number of nitrogens with one attached hydrogen (secondary N) is 2. The van der Waals surface area contributed by atoms with Gasteiger partial charge < -0.3 is 14.9 Å². The molecule has 1 amide bonds. The van der Waals surface area contributed by atoms with Crippen LogP contribution in [0.3, 0.4) is 0 Å². The summed E-state index contributed by atoms with van der Waals surface area (Å²) in [6.45, 7) is 2.15. The quantitative estimate of drug-likeness (QED) is 0.534. The van der Waals surface area contributed by atoms with Gasteiger partial charge in [0.1, 0.15) is 0 Å². The molecule has 0 saturated carbocycles. The molecule has 0 aliphatic carbocycles. The molecule has 0 fully saturated rings. The molecule has 0 aliphatic rings. The first-order chi connectivity index (χ1) is 13.6. The Morgan fingerprint density at radius 3 is 2.61 bits per heavy atom. The molecule has 4 rings (SSSR count). The van der Waals surface area contributed by atoms with Gasteiger partial charge in [-0.3, -0.25) is 14.4 Å². The third-order valence-corrected chi connectivity index (χ3v) is 4.45. The van der Waals surface area contributed by atoms with Gasteiger partial charge in [0.2, 0.25) is 0 Å². The lowest BCUT2D eigenvalue weighted by atomic mass is 10.1. The lowest BCUT2D eigenvalue weighted by Gasteiger charge is -2.10. The van der Waals surface area contributed by atoms with Crippen molar-refractivity contribution in [3.05, 3.63) is 87.2 Å². The Balaban J connectivity index is 1.61. The molecular weight excluding hydrogens is 358 g/mol. The number of anilines is 1. The monoisotopic (exact) mass is 375 g/mol. The molecule has 8 heteroatoms. The number of hydrogen-bond acceptors (Lipinski definition) is 4. The SMILES string of the molecule is CCn1c(=O)c(=O)[nH]c2cc(C(=O)Nc3ccc(-n4cccn4)cc3)ccc21. The van der Waals surface area contributed by atoms with Crippen molar-refractivity contribution in [3.63, 3.8) is 0 Å². The molecule has 4 aromatic rings. The number of rotatable bonds is 4. The highest BCUT2D eigenvalue weighted by Gasteiger charge is 2.11. The molecular formula is C20H17N5O3. The minimum atomic E-state index is -0.707. The standard InChI is InChI=1S/C20H17N5O3/c1-2-24-17-9-4-13(12-16(17)23-19(27)20(24)28)18(26)22-14-5-7-15(8-6-14)25-11-3-10-21-25/h3-12H,2H2,1H3,(H,22,26)(H,23,27). The van der Waals surface area contributed by atoms with Crippen LogP contribution in [0.15, 0.2) is 70.5 Å². The lowest BCUT2D eigenvalue weighted by molar-refractivity contribution is 0.102. The van der Waals surface area contributed by atoms with Crippen molar-refractivity contribution in [2.24, 2.45) is 0 Å². The summed E-state index contributed by atoms with van der Waals surface area (Å²) >= 11 is 0. The summed E-state index contributed by atoms with van der Waals surface area (Å²) in [7, 11) is 0. The Morgan fingerprint density at radius 2 is 1.93 bits per heavy atom. The highest BCUT2D eigenvalue weighted by atomic mass is 16.2. The number of aromatic amines is 1. The number of carbonyl (C=O) groups excluding carboxylic acids is 1. The summed E-state index contributed by atoms with van der Waals surface area (Å²) < 4.78 is 3.10. The molecule has 2 aromatic heterocycles.